The molecule has 1 aromatic carbocycles. The number of esters is 1. The summed E-state index contributed by atoms with van der Waals surface area (Å²) in [6, 6.07) is 5.99. The van der Waals surface area contributed by atoms with Crippen molar-refractivity contribution in [2.45, 2.75) is 32.6 Å². The van der Waals surface area contributed by atoms with Gasteiger partial charge in [-0.1, -0.05) is 12.1 Å². The molecule has 0 saturated heterocycles. The molecule has 0 aromatic heterocycles. The second-order valence-corrected chi connectivity index (χ2v) is 4.63. The van der Waals surface area contributed by atoms with Gasteiger partial charge in [-0.15, -0.1) is 0 Å². The first kappa shape index (κ1) is 15.2. The maximum Gasteiger partial charge on any atom is 0.306 e. The third kappa shape index (κ3) is 3.87. The Kier molecular flexibility index (Phi) is 5.03. The number of nitrogens with zero attached hydrogens (tertiary/aromatic N) is 2. The quantitative estimate of drug-likeness (QED) is 0.784. The third-order valence-electron chi connectivity index (χ3n) is 3.11. The van der Waals surface area contributed by atoms with Crippen LogP contribution in [0.2, 0.25) is 0 Å². The molecule has 21 heavy (non-hydrogen) atoms. The minimum atomic E-state index is -0.499. The van der Waals surface area contributed by atoms with Crippen molar-refractivity contribution in [3.05, 3.63) is 30.1 Å². The number of hydrazone groups is 1. The van der Waals surface area contributed by atoms with Gasteiger partial charge in [-0.25, -0.2) is 4.39 Å². The highest BCUT2D eigenvalue weighted by molar-refractivity contribution is 6.02. The molecule has 0 aliphatic carbocycles. The number of rotatable bonds is 5. The van der Waals surface area contributed by atoms with Crippen LogP contribution in [0.25, 0.3) is 0 Å². The summed E-state index contributed by atoms with van der Waals surface area (Å²) in [5, 5.41) is 5.26. The number of hydrogen-bond acceptors (Lipinski definition) is 4. The Bertz CT molecular complexity index is 572. The van der Waals surface area contributed by atoms with Gasteiger partial charge in [0.25, 0.3) is 0 Å². The standard InChI is InChI=1S/C15H17FN2O3/c1-2-21-15(20)10-8-11-7-9-14(19)18(17-11)13-6-4-3-5-12(13)16/h3-6H,2,7-10H2,1H3. The first-order valence-corrected chi connectivity index (χ1v) is 6.91. The maximum atomic E-state index is 13.8. The Labute approximate surface area is 122 Å². The summed E-state index contributed by atoms with van der Waals surface area (Å²) in [5.41, 5.74) is 0.835. The van der Waals surface area contributed by atoms with Crippen molar-refractivity contribution in [1.82, 2.24) is 0 Å². The summed E-state index contributed by atoms with van der Waals surface area (Å²) in [5.74, 6) is -1.05. The molecule has 1 aliphatic rings. The van der Waals surface area contributed by atoms with Crippen molar-refractivity contribution in [3.8, 4) is 0 Å². The Morgan fingerprint density at radius 2 is 2.14 bits per heavy atom. The van der Waals surface area contributed by atoms with E-state index in [1.807, 2.05) is 0 Å². The van der Waals surface area contributed by atoms with Gasteiger partial charge in [-0.3, -0.25) is 9.59 Å². The minimum Gasteiger partial charge on any atom is -0.466 e. The van der Waals surface area contributed by atoms with Gasteiger partial charge in [0.15, 0.2) is 0 Å². The molecule has 5 nitrogen and oxygen atoms in total. The largest absolute Gasteiger partial charge is 0.466 e. The summed E-state index contributed by atoms with van der Waals surface area (Å²) in [6.07, 6.45) is 1.38. The van der Waals surface area contributed by atoms with E-state index in [1.54, 1.807) is 19.1 Å². The Balaban J connectivity index is 2.10. The van der Waals surface area contributed by atoms with Gasteiger partial charge < -0.3 is 4.74 Å². The number of halogens is 1. The first-order chi connectivity index (χ1) is 10.1. The molecule has 1 heterocycles. The van der Waals surface area contributed by atoms with E-state index in [0.29, 0.717) is 25.2 Å². The zero-order chi connectivity index (χ0) is 15.2. The van der Waals surface area contributed by atoms with Crippen LogP contribution in [0.4, 0.5) is 10.1 Å². The van der Waals surface area contributed by atoms with Crippen molar-refractivity contribution in [2.75, 3.05) is 11.6 Å². The lowest BCUT2D eigenvalue weighted by molar-refractivity contribution is -0.142. The summed E-state index contributed by atoms with van der Waals surface area (Å²) in [6.45, 7) is 2.08. The second kappa shape index (κ2) is 6.97. The first-order valence-electron chi connectivity index (χ1n) is 6.91. The lowest BCUT2D eigenvalue weighted by Gasteiger charge is -2.23. The van der Waals surface area contributed by atoms with Gasteiger partial charge in [-0.05, 0) is 31.9 Å². The number of amides is 1. The van der Waals surface area contributed by atoms with Crippen LogP contribution in [0.15, 0.2) is 29.4 Å². The van der Waals surface area contributed by atoms with Gasteiger partial charge in [0.05, 0.1) is 13.0 Å². The molecular weight excluding hydrogens is 275 g/mol. The van der Waals surface area contributed by atoms with Crippen LogP contribution in [0.3, 0.4) is 0 Å². The number of para-hydroxylation sites is 1. The number of hydrogen-bond donors (Lipinski definition) is 0. The van der Waals surface area contributed by atoms with E-state index in [1.165, 1.54) is 12.1 Å². The monoisotopic (exact) mass is 292 g/mol. The zero-order valence-electron chi connectivity index (χ0n) is 11.8. The third-order valence-corrected chi connectivity index (χ3v) is 3.11. The van der Waals surface area contributed by atoms with E-state index in [9.17, 15) is 14.0 Å². The molecule has 1 aromatic rings. The molecule has 2 rings (SSSR count). The SMILES string of the molecule is CCOC(=O)CCC1=NN(c2ccccc2F)C(=O)CC1. The van der Waals surface area contributed by atoms with Crippen molar-refractivity contribution < 1.29 is 18.7 Å². The van der Waals surface area contributed by atoms with Crippen LogP contribution in [0.5, 0.6) is 0 Å². The predicted octanol–water partition coefficient (Wildman–Crippen LogP) is 2.65. The topological polar surface area (TPSA) is 59.0 Å². The van der Waals surface area contributed by atoms with Crippen LogP contribution in [0.1, 0.15) is 32.6 Å². The molecule has 0 radical (unpaired) electrons. The molecule has 0 saturated carbocycles. The molecule has 0 unspecified atom stereocenters. The van der Waals surface area contributed by atoms with Crippen LogP contribution in [0, 0.1) is 5.82 Å². The van der Waals surface area contributed by atoms with Crippen LogP contribution < -0.4 is 5.01 Å². The fourth-order valence-corrected chi connectivity index (χ4v) is 2.07. The molecule has 6 heteroatoms. The molecule has 1 aliphatic heterocycles. The minimum absolute atomic E-state index is 0.135. The number of ether oxygens (including phenoxy) is 1. The molecule has 112 valence electrons. The van der Waals surface area contributed by atoms with Gasteiger partial charge in [-0.2, -0.15) is 10.1 Å². The highest BCUT2D eigenvalue weighted by Gasteiger charge is 2.24. The van der Waals surface area contributed by atoms with E-state index >= 15 is 0 Å². The summed E-state index contributed by atoms with van der Waals surface area (Å²) in [7, 11) is 0. The fraction of sp³-hybridized carbons (Fsp3) is 0.400. The second-order valence-electron chi connectivity index (χ2n) is 4.63. The summed E-state index contributed by atoms with van der Waals surface area (Å²) >= 11 is 0. The lowest BCUT2D eigenvalue weighted by atomic mass is 10.1. The van der Waals surface area contributed by atoms with Crippen molar-refractivity contribution in [1.29, 1.82) is 0 Å². The van der Waals surface area contributed by atoms with E-state index in [4.69, 9.17) is 4.74 Å². The highest BCUT2D eigenvalue weighted by atomic mass is 19.1. The molecule has 0 spiro atoms. The van der Waals surface area contributed by atoms with Crippen molar-refractivity contribution >= 4 is 23.3 Å². The van der Waals surface area contributed by atoms with Gasteiger partial charge in [0.1, 0.15) is 11.5 Å². The summed E-state index contributed by atoms with van der Waals surface area (Å²) in [4.78, 5) is 23.2. The molecule has 0 bridgehead atoms. The Morgan fingerprint density at radius 1 is 1.38 bits per heavy atom. The smallest absolute Gasteiger partial charge is 0.306 e. The summed E-state index contributed by atoms with van der Waals surface area (Å²) < 4.78 is 18.6. The van der Waals surface area contributed by atoms with E-state index in [2.05, 4.69) is 5.10 Å². The average Bonchev–Trinajstić information content (AvgIpc) is 2.47. The number of carbonyl (C=O) groups is 2. The Hall–Kier alpha value is -2.24. The van der Waals surface area contributed by atoms with Gasteiger partial charge in [0.2, 0.25) is 5.91 Å². The normalized spacial score (nSPS) is 14.9. The van der Waals surface area contributed by atoms with Gasteiger partial charge >= 0.3 is 5.97 Å². The molecule has 0 N–H and O–H groups in total. The number of carbonyl (C=O) groups excluding carboxylic acids is 2. The van der Waals surface area contributed by atoms with Crippen molar-refractivity contribution in [2.24, 2.45) is 5.10 Å². The number of anilines is 1. The fourth-order valence-electron chi connectivity index (χ4n) is 2.07. The molecule has 0 atom stereocenters. The molecular formula is C15H17FN2O3. The highest BCUT2D eigenvalue weighted by Crippen LogP contribution is 2.24. The lowest BCUT2D eigenvalue weighted by Crippen LogP contribution is -2.32. The average molecular weight is 292 g/mol. The van der Waals surface area contributed by atoms with Gasteiger partial charge in [0, 0.05) is 12.1 Å². The number of benzene rings is 1. The van der Waals surface area contributed by atoms with E-state index in [0.717, 1.165) is 5.01 Å². The van der Waals surface area contributed by atoms with Crippen LogP contribution in [-0.2, 0) is 14.3 Å². The zero-order valence-corrected chi connectivity index (χ0v) is 11.8. The Morgan fingerprint density at radius 3 is 2.86 bits per heavy atom. The maximum absolute atomic E-state index is 13.8. The van der Waals surface area contributed by atoms with E-state index in [-0.39, 0.29) is 30.4 Å². The predicted molar refractivity (Wildman–Crippen MR) is 76.4 cm³/mol. The molecule has 0 fully saturated rings. The van der Waals surface area contributed by atoms with Crippen LogP contribution in [-0.4, -0.2) is 24.2 Å². The molecule has 1 amide bonds. The van der Waals surface area contributed by atoms with Crippen LogP contribution >= 0.6 is 0 Å². The van der Waals surface area contributed by atoms with E-state index < -0.39 is 5.82 Å². The van der Waals surface area contributed by atoms with Crippen molar-refractivity contribution in [3.63, 3.8) is 0 Å².